The summed E-state index contributed by atoms with van der Waals surface area (Å²) in [6.07, 6.45) is 1.13. The second kappa shape index (κ2) is 5.16. The van der Waals surface area contributed by atoms with Gasteiger partial charge in [-0.3, -0.25) is 0 Å². The molecule has 0 aliphatic rings. The first kappa shape index (κ1) is 13.2. The minimum absolute atomic E-state index is 0.0584. The summed E-state index contributed by atoms with van der Waals surface area (Å²) in [4.78, 5) is 3.54. The van der Waals surface area contributed by atoms with Crippen LogP contribution in [0.5, 0.6) is 11.6 Å². The summed E-state index contributed by atoms with van der Waals surface area (Å²) >= 11 is 8.31. The Morgan fingerprint density at radius 2 is 1.78 bits per heavy atom. The summed E-state index contributed by atoms with van der Waals surface area (Å²) in [5.74, 6) is -3.41. The number of hydrogen-bond acceptors (Lipinski definition) is 2. The summed E-state index contributed by atoms with van der Waals surface area (Å²) in [7, 11) is 0. The van der Waals surface area contributed by atoms with Crippen LogP contribution in [0.1, 0.15) is 0 Å². The number of pyridine rings is 1. The third kappa shape index (κ3) is 2.76. The quantitative estimate of drug-likeness (QED) is 0.740. The van der Waals surface area contributed by atoms with Crippen molar-refractivity contribution in [3.05, 3.63) is 51.3 Å². The molecule has 1 heterocycles. The van der Waals surface area contributed by atoms with Gasteiger partial charge in [-0.25, -0.2) is 18.2 Å². The number of ether oxygens (including phenoxy) is 1. The number of nitrogens with zero attached hydrogens (tertiary/aromatic N) is 1. The van der Waals surface area contributed by atoms with Gasteiger partial charge in [0.15, 0.2) is 17.4 Å². The molecular formula is C11H4BrClF3NO. The lowest BCUT2D eigenvalue weighted by molar-refractivity contribution is 0.394. The van der Waals surface area contributed by atoms with Crippen molar-refractivity contribution in [3.63, 3.8) is 0 Å². The van der Waals surface area contributed by atoms with Gasteiger partial charge in [-0.1, -0.05) is 11.6 Å². The molecule has 0 radical (unpaired) electrons. The standard InChI is InChI=1S/C11H4BrClF3NO/c12-6-2-8(15)10(3-7(6)14)18-11-9(16)1-5(13)4-17-11/h1-4H. The van der Waals surface area contributed by atoms with Gasteiger partial charge in [-0.15, -0.1) is 0 Å². The molecule has 0 N–H and O–H groups in total. The number of hydrogen-bond donors (Lipinski definition) is 0. The first-order valence-corrected chi connectivity index (χ1v) is 5.78. The fourth-order valence-corrected chi connectivity index (χ4v) is 1.62. The molecule has 2 rings (SSSR count). The van der Waals surface area contributed by atoms with E-state index in [1.54, 1.807) is 0 Å². The minimum Gasteiger partial charge on any atom is -0.433 e. The molecular weight excluding hydrogens is 334 g/mol. The molecule has 18 heavy (non-hydrogen) atoms. The van der Waals surface area contributed by atoms with Crippen LogP contribution in [0.2, 0.25) is 5.02 Å². The second-order valence-electron chi connectivity index (χ2n) is 3.24. The lowest BCUT2D eigenvalue weighted by Gasteiger charge is -2.07. The van der Waals surface area contributed by atoms with Gasteiger partial charge in [0, 0.05) is 12.3 Å². The average molecular weight is 339 g/mol. The van der Waals surface area contributed by atoms with E-state index in [-0.39, 0.29) is 9.50 Å². The van der Waals surface area contributed by atoms with Gasteiger partial charge >= 0.3 is 0 Å². The second-order valence-corrected chi connectivity index (χ2v) is 4.53. The molecule has 0 aliphatic carbocycles. The third-order valence-electron chi connectivity index (χ3n) is 1.96. The Labute approximate surface area is 113 Å². The summed E-state index contributed by atoms with van der Waals surface area (Å²) in [6.45, 7) is 0. The van der Waals surface area contributed by atoms with Crippen molar-refractivity contribution < 1.29 is 17.9 Å². The Kier molecular flexibility index (Phi) is 3.77. The molecule has 1 aromatic heterocycles. The Morgan fingerprint density at radius 3 is 2.44 bits per heavy atom. The zero-order valence-electron chi connectivity index (χ0n) is 8.55. The monoisotopic (exact) mass is 337 g/mol. The van der Waals surface area contributed by atoms with Crippen LogP contribution < -0.4 is 4.74 Å². The SMILES string of the molecule is Fc1cc(Oc2ncc(Cl)cc2F)c(F)cc1Br. The normalized spacial score (nSPS) is 10.5. The van der Waals surface area contributed by atoms with Crippen molar-refractivity contribution in [2.75, 3.05) is 0 Å². The molecule has 2 aromatic rings. The maximum atomic E-state index is 13.4. The van der Waals surface area contributed by atoms with E-state index in [9.17, 15) is 13.2 Å². The molecule has 1 aromatic carbocycles. The lowest BCUT2D eigenvalue weighted by Crippen LogP contribution is -1.95. The molecule has 94 valence electrons. The van der Waals surface area contributed by atoms with Crippen molar-refractivity contribution in [1.82, 2.24) is 4.98 Å². The zero-order chi connectivity index (χ0) is 13.3. The highest BCUT2D eigenvalue weighted by molar-refractivity contribution is 9.10. The van der Waals surface area contributed by atoms with Gasteiger partial charge in [0.25, 0.3) is 5.88 Å². The smallest absolute Gasteiger partial charge is 0.256 e. The summed E-state index contributed by atoms with van der Waals surface area (Å²) in [5.41, 5.74) is 0. The Hall–Kier alpha value is -1.27. The van der Waals surface area contributed by atoms with Gasteiger partial charge in [-0.2, -0.15) is 0 Å². The van der Waals surface area contributed by atoms with Crippen LogP contribution in [0.4, 0.5) is 13.2 Å². The molecule has 0 saturated heterocycles. The highest BCUT2D eigenvalue weighted by Gasteiger charge is 2.13. The summed E-state index contributed by atoms with van der Waals surface area (Å²) in [6, 6.07) is 2.62. The highest BCUT2D eigenvalue weighted by Crippen LogP contribution is 2.29. The van der Waals surface area contributed by atoms with E-state index >= 15 is 0 Å². The lowest BCUT2D eigenvalue weighted by atomic mass is 10.3. The van der Waals surface area contributed by atoms with Crippen LogP contribution in [-0.4, -0.2) is 4.98 Å². The van der Waals surface area contributed by atoms with Gasteiger partial charge < -0.3 is 4.74 Å². The molecule has 0 amide bonds. The minimum atomic E-state index is -0.870. The van der Waals surface area contributed by atoms with Gasteiger partial charge in [0.2, 0.25) is 0 Å². The van der Waals surface area contributed by atoms with Crippen LogP contribution >= 0.6 is 27.5 Å². The molecule has 0 saturated carbocycles. The number of halogens is 5. The van der Waals surface area contributed by atoms with Gasteiger partial charge in [0.05, 0.1) is 9.50 Å². The molecule has 0 spiro atoms. The maximum Gasteiger partial charge on any atom is 0.256 e. The number of aromatic nitrogens is 1. The van der Waals surface area contributed by atoms with Crippen LogP contribution in [0.25, 0.3) is 0 Å². The summed E-state index contributed by atoms with van der Waals surface area (Å²) in [5, 5.41) is 0.0716. The average Bonchev–Trinajstić information content (AvgIpc) is 2.29. The third-order valence-corrected chi connectivity index (χ3v) is 2.77. The molecule has 0 unspecified atom stereocenters. The van der Waals surface area contributed by atoms with Crippen molar-refractivity contribution >= 4 is 27.5 Å². The highest BCUT2D eigenvalue weighted by atomic mass is 79.9. The predicted octanol–water partition coefficient (Wildman–Crippen LogP) is 4.71. The van der Waals surface area contributed by atoms with Crippen LogP contribution in [0.3, 0.4) is 0 Å². The van der Waals surface area contributed by atoms with E-state index in [0.29, 0.717) is 0 Å². The molecule has 0 aliphatic heterocycles. The molecule has 0 atom stereocenters. The largest absolute Gasteiger partial charge is 0.433 e. The van der Waals surface area contributed by atoms with E-state index < -0.39 is 29.1 Å². The molecule has 0 fully saturated rings. The fraction of sp³-hybridized carbons (Fsp3) is 0. The van der Waals surface area contributed by atoms with Crippen LogP contribution in [0.15, 0.2) is 28.9 Å². The zero-order valence-corrected chi connectivity index (χ0v) is 10.9. The van der Waals surface area contributed by atoms with E-state index in [1.807, 2.05) is 0 Å². The van der Waals surface area contributed by atoms with Crippen molar-refractivity contribution in [2.24, 2.45) is 0 Å². The molecule has 7 heteroatoms. The Morgan fingerprint density at radius 1 is 1.06 bits per heavy atom. The van der Waals surface area contributed by atoms with E-state index in [1.165, 1.54) is 0 Å². The van der Waals surface area contributed by atoms with Gasteiger partial charge in [0.1, 0.15) is 5.82 Å². The topological polar surface area (TPSA) is 22.1 Å². The number of rotatable bonds is 2. The van der Waals surface area contributed by atoms with Crippen molar-refractivity contribution in [2.45, 2.75) is 0 Å². The maximum absolute atomic E-state index is 13.4. The molecule has 2 nitrogen and oxygen atoms in total. The fourth-order valence-electron chi connectivity index (χ4n) is 1.16. The van der Waals surface area contributed by atoms with Crippen molar-refractivity contribution in [3.8, 4) is 11.6 Å². The Balaban J connectivity index is 2.37. The summed E-state index contributed by atoms with van der Waals surface area (Å²) < 4.78 is 44.8. The molecule has 0 bridgehead atoms. The number of benzene rings is 1. The van der Waals surface area contributed by atoms with E-state index in [2.05, 4.69) is 20.9 Å². The van der Waals surface area contributed by atoms with E-state index in [0.717, 1.165) is 24.4 Å². The van der Waals surface area contributed by atoms with Crippen LogP contribution in [0, 0.1) is 17.5 Å². The first-order chi connectivity index (χ1) is 8.47. The van der Waals surface area contributed by atoms with Crippen molar-refractivity contribution in [1.29, 1.82) is 0 Å². The van der Waals surface area contributed by atoms with Gasteiger partial charge in [-0.05, 0) is 28.1 Å². The predicted molar refractivity (Wildman–Crippen MR) is 63.3 cm³/mol. The van der Waals surface area contributed by atoms with E-state index in [4.69, 9.17) is 16.3 Å². The first-order valence-electron chi connectivity index (χ1n) is 4.61. The Bertz CT molecular complexity index is 609. The van der Waals surface area contributed by atoms with Crippen LogP contribution in [-0.2, 0) is 0 Å².